The highest BCUT2D eigenvalue weighted by atomic mass is 32.2. The van der Waals surface area contributed by atoms with E-state index >= 15 is 0 Å². The zero-order chi connectivity index (χ0) is 10.8. The Balaban J connectivity index is 3.46. The molecule has 0 saturated carbocycles. The van der Waals surface area contributed by atoms with Crippen LogP contribution in [0.4, 0.5) is 0 Å². The predicted molar refractivity (Wildman–Crippen MR) is 47.0 cm³/mol. The summed E-state index contributed by atoms with van der Waals surface area (Å²) in [4.78, 5) is 20.3. The standard InChI is InChI=1S/C8H6O5S/c9-4-6-1-7(5-10)3-8(2-6)14(11,12)13/h1-5H,(H,11,12,13). The first-order valence-corrected chi connectivity index (χ1v) is 4.94. The summed E-state index contributed by atoms with van der Waals surface area (Å²) in [5.41, 5.74) is 0.0319. The Labute approximate surface area is 80.1 Å². The third kappa shape index (κ3) is 2.24. The topological polar surface area (TPSA) is 88.5 Å². The molecule has 1 aromatic rings. The first-order chi connectivity index (χ1) is 6.47. The summed E-state index contributed by atoms with van der Waals surface area (Å²) in [6, 6.07) is 3.18. The van der Waals surface area contributed by atoms with E-state index in [2.05, 4.69) is 0 Å². The van der Waals surface area contributed by atoms with E-state index < -0.39 is 15.0 Å². The van der Waals surface area contributed by atoms with Gasteiger partial charge in [0, 0.05) is 11.1 Å². The maximum atomic E-state index is 10.7. The van der Waals surface area contributed by atoms with Gasteiger partial charge < -0.3 is 0 Å². The lowest BCUT2D eigenvalue weighted by atomic mass is 10.1. The summed E-state index contributed by atoms with van der Waals surface area (Å²) >= 11 is 0. The van der Waals surface area contributed by atoms with Crippen LogP contribution < -0.4 is 0 Å². The predicted octanol–water partition coefficient (Wildman–Crippen LogP) is 0.558. The van der Waals surface area contributed by atoms with Gasteiger partial charge in [0.25, 0.3) is 10.1 Å². The summed E-state index contributed by atoms with van der Waals surface area (Å²) < 4.78 is 30.1. The molecule has 0 heterocycles. The minimum atomic E-state index is -4.39. The Morgan fingerprint density at radius 2 is 1.43 bits per heavy atom. The highest BCUT2D eigenvalue weighted by Gasteiger charge is 2.11. The number of hydrogen-bond acceptors (Lipinski definition) is 4. The van der Waals surface area contributed by atoms with E-state index in [0.717, 1.165) is 12.1 Å². The summed E-state index contributed by atoms with van der Waals surface area (Å²) in [6.07, 6.45) is 0.781. The quantitative estimate of drug-likeness (QED) is 0.586. The molecule has 74 valence electrons. The van der Waals surface area contributed by atoms with Crippen molar-refractivity contribution in [3.8, 4) is 0 Å². The molecule has 1 N–H and O–H groups in total. The third-order valence-corrected chi connectivity index (χ3v) is 2.35. The number of benzene rings is 1. The second kappa shape index (κ2) is 3.69. The summed E-state index contributed by atoms with van der Waals surface area (Å²) in [6.45, 7) is 0. The normalized spacial score (nSPS) is 10.9. The highest BCUT2D eigenvalue weighted by molar-refractivity contribution is 7.85. The van der Waals surface area contributed by atoms with Crippen LogP contribution in [-0.4, -0.2) is 25.5 Å². The fraction of sp³-hybridized carbons (Fsp3) is 0. The number of rotatable bonds is 3. The Morgan fingerprint density at radius 1 is 1.00 bits per heavy atom. The Bertz CT molecular complexity index is 448. The molecule has 0 amide bonds. The Hall–Kier alpha value is -1.53. The minimum Gasteiger partial charge on any atom is -0.298 e. The van der Waals surface area contributed by atoms with Crippen LogP contribution in [0.1, 0.15) is 20.7 Å². The lowest BCUT2D eigenvalue weighted by Crippen LogP contribution is -2.00. The van der Waals surface area contributed by atoms with Crippen LogP contribution in [0.3, 0.4) is 0 Å². The number of carbonyl (C=O) groups excluding carboxylic acids is 2. The van der Waals surface area contributed by atoms with Crippen molar-refractivity contribution in [1.82, 2.24) is 0 Å². The molecule has 0 fully saturated rings. The van der Waals surface area contributed by atoms with Gasteiger partial charge in [-0.1, -0.05) is 0 Å². The van der Waals surface area contributed by atoms with E-state index in [4.69, 9.17) is 4.55 Å². The second-order valence-electron chi connectivity index (χ2n) is 2.55. The average molecular weight is 214 g/mol. The maximum Gasteiger partial charge on any atom is 0.294 e. The molecule has 0 radical (unpaired) electrons. The van der Waals surface area contributed by atoms with Crippen LogP contribution in [0.2, 0.25) is 0 Å². The molecule has 0 aromatic heterocycles. The molecule has 1 aromatic carbocycles. The Morgan fingerprint density at radius 3 is 1.71 bits per heavy atom. The fourth-order valence-electron chi connectivity index (χ4n) is 0.931. The SMILES string of the molecule is O=Cc1cc(C=O)cc(S(=O)(=O)O)c1. The molecule has 0 saturated heterocycles. The van der Waals surface area contributed by atoms with Crippen molar-refractivity contribution < 1.29 is 22.6 Å². The first-order valence-electron chi connectivity index (χ1n) is 3.50. The summed E-state index contributed by atoms with van der Waals surface area (Å²) in [7, 11) is -4.39. The molecule has 14 heavy (non-hydrogen) atoms. The highest BCUT2D eigenvalue weighted by Crippen LogP contribution is 2.12. The third-order valence-electron chi connectivity index (χ3n) is 1.52. The zero-order valence-corrected chi connectivity index (χ0v) is 7.69. The summed E-state index contributed by atoms with van der Waals surface area (Å²) in [5, 5.41) is 0. The molecule has 0 bridgehead atoms. The van der Waals surface area contributed by atoms with Gasteiger partial charge >= 0.3 is 0 Å². The Kier molecular flexibility index (Phi) is 2.78. The monoisotopic (exact) mass is 214 g/mol. The van der Waals surface area contributed by atoms with E-state index in [1.54, 1.807) is 0 Å². The van der Waals surface area contributed by atoms with Crippen molar-refractivity contribution in [2.24, 2.45) is 0 Å². The molecular formula is C8H6O5S. The molecule has 5 nitrogen and oxygen atoms in total. The van der Waals surface area contributed by atoms with Crippen LogP contribution in [0.15, 0.2) is 23.1 Å². The van der Waals surface area contributed by atoms with E-state index in [1.165, 1.54) is 6.07 Å². The molecule has 1 rings (SSSR count). The lowest BCUT2D eigenvalue weighted by molar-refractivity contribution is 0.112. The van der Waals surface area contributed by atoms with Gasteiger partial charge in [0.15, 0.2) is 0 Å². The van der Waals surface area contributed by atoms with Crippen LogP contribution in [-0.2, 0) is 10.1 Å². The number of carbonyl (C=O) groups is 2. The van der Waals surface area contributed by atoms with Gasteiger partial charge in [-0.15, -0.1) is 0 Å². The van der Waals surface area contributed by atoms with E-state index in [1.807, 2.05) is 0 Å². The lowest BCUT2D eigenvalue weighted by Gasteiger charge is -1.99. The van der Waals surface area contributed by atoms with Crippen molar-refractivity contribution in [2.45, 2.75) is 4.90 Å². The fourth-order valence-corrected chi connectivity index (χ4v) is 1.50. The second-order valence-corrected chi connectivity index (χ2v) is 3.97. The zero-order valence-electron chi connectivity index (χ0n) is 6.88. The van der Waals surface area contributed by atoms with Crippen LogP contribution in [0, 0.1) is 0 Å². The van der Waals surface area contributed by atoms with Crippen molar-refractivity contribution in [2.75, 3.05) is 0 Å². The largest absolute Gasteiger partial charge is 0.298 e. The van der Waals surface area contributed by atoms with Crippen molar-refractivity contribution in [3.05, 3.63) is 29.3 Å². The molecule has 0 atom stereocenters. The molecule has 6 heteroatoms. The van der Waals surface area contributed by atoms with E-state index in [0.29, 0.717) is 12.6 Å². The summed E-state index contributed by atoms with van der Waals surface area (Å²) in [5.74, 6) is 0. The molecule has 0 unspecified atom stereocenters. The van der Waals surface area contributed by atoms with E-state index in [-0.39, 0.29) is 11.1 Å². The minimum absolute atomic E-state index is 0.0159. The molecule has 0 aliphatic carbocycles. The van der Waals surface area contributed by atoms with Gasteiger partial charge in [-0.05, 0) is 18.2 Å². The smallest absolute Gasteiger partial charge is 0.294 e. The van der Waals surface area contributed by atoms with Crippen LogP contribution >= 0.6 is 0 Å². The average Bonchev–Trinajstić information content (AvgIpc) is 2.15. The van der Waals surface area contributed by atoms with Crippen LogP contribution in [0.25, 0.3) is 0 Å². The van der Waals surface area contributed by atoms with Gasteiger partial charge in [0.05, 0.1) is 4.90 Å². The maximum absolute atomic E-state index is 10.7. The van der Waals surface area contributed by atoms with Gasteiger partial charge in [-0.25, -0.2) is 0 Å². The number of hydrogen-bond donors (Lipinski definition) is 1. The molecule has 0 aliphatic rings. The number of aldehydes is 2. The molecule has 0 spiro atoms. The van der Waals surface area contributed by atoms with Gasteiger partial charge in [0.2, 0.25) is 0 Å². The van der Waals surface area contributed by atoms with Gasteiger partial charge in [0.1, 0.15) is 12.6 Å². The van der Waals surface area contributed by atoms with Gasteiger partial charge in [-0.2, -0.15) is 8.42 Å². The van der Waals surface area contributed by atoms with Crippen molar-refractivity contribution in [3.63, 3.8) is 0 Å². The molecule has 0 aliphatic heterocycles. The van der Waals surface area contributed by atoms with Crippen molar-refractivity contribution in [1.29, 1.82) is 0 Å². The van der Waals surface area contributed by atoms with E-state index in [9.17, 15) is 18.0 Å². The van der Waals surface area contributed by atoms with Gasteiger partial charge in [-0.3, -0.25) is 14.1 Å². The van der Waals surface area contributed by atoms with Crippen LogP contribution in [0.5, 0.6) is 0 Å². The molecular weight excluding hydrogens is 208 g/mol. The van der Waals surface area contributed by atoms with Crippen molar-refractivity contribution >= 4 is 22.7 Å². The first kappa shape index (κ1) is 10.6.